The summed E-state index contributed by atoms with van der Waals surface area (Å²) in [4.78, 5) is 25.8. The van der Waals surface area contributed by atoms with Gasteiger partial charge in [0.2, 0.25) is 5.91 Å². The van der Waals surface area contributed by atoms with Crippen molar-refractivity contribution in [2.75, 3.05) is 31.1 Å². The molecule has 8 heteroatoms. The average Bonchev–Trinajstić information content (AvgIpc) is 2.71. The lowest BCUT2D eigenvalue weighted by molar-refractivity contribution is -0.138. The van der Waals surface area contributed by atoms with Crippen LogP contribution in [0, 0.1) is 12.8 Å². The third-order valence-electron chi connectivity index (χ3n) is 6.34. The molecule has 1 aromatic heterocycles. The first-order valence-electron chi connectivity index (χ1n) is 10.9. The number of amides is 1. The molecule has 1 saturated carbocycles. The van der Waals surface area contributed by atoms with Crippen molar-refractivity contribution in [2.24, 2.45) is 5.92 Å². The van der Waals surface area contributed by atoms with Gasteiger partial charge in [-0.25, -0.2) is 9.97 Å². The summed E-state index contributed by atoms with van der Waals surface area (Å²) in [5.74, 6) is 1.50. The Morgan fingerprint density at radius 3 is 2.42 bits per heavy atom. The fourth-order valence-electron chi connectivity index (χ4n) is 4.27. The molecule has 1 aromatic carbocycles. The lowest BCUT2D eigenvalue weighted by atomic mass is 9.84. The minimum atomic E-state index is -4.42. The first kappa shape index (κ1) is 21.6. The maximum atomic E-state index is 13.2. The van der Waals surface area contributed by atoms with Crippen LogP contribution < -0.4 is 4.90 Å². The van der Waals surface area contributed by atoms with Crippen molar-refractivity contribution in [3.05, 3.63) is 41.1 Å². The molecular weight excluding hydrogens is 405 g/mol. The highest BCUT2D eigenvalue weighted by Gasteiger charge is 2.33. The number of alkyl halides is 3. The second-order valence-corrected chi connectivity index (χ2v) is 8.31. The zero-order chi connectivity index (χ0) is 22.2. The zero-order valence-electron chi connectivity index (χ0n) is 17.9. The van der Waals surface area contributed by atoms with Gasteiger partial charge in [-0.1, -0.05) is 25.5 Å². The Balaban J connectivity index is 1.60. The number of carbonyl (C=O) groups is 1. The van der Waals surface area contributed by atoms with Crippen LogP contribution in [0.2, 0.25) is 0 Å². The van der Waals surface area contributed by atoms with Gasteiger partial charge < -0.3 is 9.80 Å². The smallest absolute Gasteiger partial charge is 0.353 e. The highest BCUT2D eigenvalue weighted by atomic mass is 19.4. The molecule has 2 aromatic rings. The van der Waals surface area contributed by atoms with E-state index in [0.717, 1.165) is 54.9 Å². The second kappa shape index (κ2) is 8.48. The first-order valence-corrected chi connectivity index (χ1v) is 10.9. The molecule has 5 nitrogen and oxygen atoms in total. The Bertz CT molecular complexity index is 964. The van der Waals surface area contributed by atoms with Crippen LogP contribution in [0.15, 0.2) is 24.3 Å². The SMILES string of the molecule is CCc1c(C)nc(-c2cccc(C(F)(F)F)c2)nc1N1CCN(C(=O)C2CCC2)CC1. The van der Waals surface area contributed by atoms with Crippen molar-refractivity contribution in [3.63, 3.8) is 0 Å². The summed E-state index contributed by atoms with van der Waals surface area (Å²) in [5, 5.41) is 0. The van der Waals surface area contributed by atoms with E-state index < -0.39 is 11.7 Å². The van der Waals surface area contributed by atoms with Crippen LogP contribution in [0.4, 0.5) is 19.0 Å². The van der Waals surface area contributed by atoms with Gasteiger partial charge in [0.1, 0.15) is 5.82 Å². The molecule has 1 saturated heterocycles. The van der Waals surface area contributed by atoms with E-state index in [4.69, 9.17) is 4.98 Å². The van der Waals surface area contributed by atoms with E-state index in [9.17, 15) is 18.0 Å². The van der Waals surface area contributed by atoms with Crippen LogP contribution in [-0.2, 0) is 17.4 Å². The molecule has 2 fully saturated rings. The highest BCUT2D eigenvalue weighted by molar-refractivity contribution is 5.80. The molecule has 0 N–H and O–H groups in total. The maximum absolute atomic E-state index is 13.2. The highest BCUT2D eigenvalue weighted by Crippen LogP contribution is 2.33. The van der Waals surface area contributed by atoms with E-state index >= 15 is 0 Å². The van der Waals surface area contributed by atoms with Gasteiger partial charge >= 0.3 is 6.18 Å². The summed E-state index contributed by atoms with van der Waals surface area (Å²) in [6.45, 7) is 6.49. The van der Waals surface area contributed by atoms with Gasteiger partial charge in [-0.2, -0.15) is 13.2 Å². The summed E-state index contributed by atoms with van der Waals surface area (Å²) >= 11 is 0. The number of nitrogens with zero attached hydrogens (tertiary/aromatic N) is 4. The Kier molecular flexibility index (Phi) is 5.90. The molecule has 0 bridgehead atoms. The Morgan fingerprint density at radius 2 is 1.84 bits per heavy atom. The number of anilines is 1. The number of piperazine rings is 1. The maximum Gasteiger partial charge on any atom is 0.416 e. The summed E-state index contributed by atoms with van der Waals surface area (Å²) in [6, 6.07) is 5.14. The summed E-state index contributed by atoms with van der Waals surface area (Å²) in [5.41, 5.74) is 1.40. The topological polar surface area (TPSA) is 49.3 Å². The van der Waals surface area contributed by atoms with E-state index in [1.54, 1.807) is 6.07 Å². The van der Waals surface area contributed by atoms with Crippen LogP contribution in [0.3, 0.4) is 0 Å². The fourth-order valence-corrected chi connectivity index (χ4v) is 4.27. The third-order valence-corrected chi connectivity index (χ3v) is 6.34. The van der Waals surface area contributed by atoms with Gasteiger partial charge in [0.05, 0.1) is 5.56 Å². The molecule has 1 aliphatic heterocycles. The number of hydrogen-bond acceptors (Lipinski definition) is 4. The normalized spacial score (nSPS) is 17.6. The summed E-state index contributed by atoms with van der Waals surface area (Å²) in [7, 11) is 0. The quantitative estimate of drug-likeness (QED) is 0.715. The average molecular weight is 432 g/mol. The molecule has 0 unspecified atom stereocenters. The van der Waals surface area contributed by atoms with Crippen molar-refractivity contribution in [1.82, 2.24) is 14.9 Å². The molecule has 31 heavy (non-hydrogen) atoms. The van der Waals surface area contributed by atoms with Crippen molar-refractivity contribution >= 4 is 11.7 Å². The molecule has 0 spiro atoms. The van der Waals surface area contributed by atoms with Crippen LogP contribution in [-0.4, -0.2) is 47.0 Å². The Labute approximate surface area is 180 Å². The number of aromatic nitrogens is 2. The molecule has 2 aliphatic rings. The molecule has 166 valence electrons. The minimum Gasteiger partial charge on any atom is -0.353 e. The Hall–Kier alpha value is -2.64. The van der Waals surface area contributed by atoms with Gasteiger partial charge in [-0.05, 0) is 38.3 Å². The predicted molar refractivity (Wildman–Crippen MR) is 113 cm³/mol. The zero-order valence-corrected chi connectivity index (χ0v) is 17.9. The molecular formula is C23H27F3N4O. The van der Waals surface area contributed by atoms with Crippen molar-refractivity contribution in [1.29, 1.82) is 0 Å². The van der Waals surface area contributed by atoms with E-state index in [1.807, 2.05) is 18.7 Å². The lowest BCUT2D eigenvalue weighted by Gasteiger charge is -2.39. The number of hydrogen-bond donors (Lipinski definition) is 0. The number of aryl methyl sites for hydroxylation is 1. The second-order valence-electron chi connectivity index (χ2n) is 8.31. The van der Waals surface area contributed by atoms with E-state index in [1.165, 1.54) is 6.07 Å². The largest absolute Gasteiger partial charge is 0.416 e. The predicted octanol–water partition coefficient (Wildman–Crippen LogP) is 4.48. The molecule has 0 radical (unpaired) electrons. The monoisotopic (exact) mass is 432 g/mol. The van der Waals surface area contributed by atoms with Crippen LogP contribution in [0.5, 0.6) is 0 Å². The third kappa shape index (κ3) is 4.38. The van der Waals surface area contributed by atoms with Crippen LogP contribution in [0.25, 0.3) is 11.4 Å². The number of carbonyl (C=O) groups excluding carboxylic acids is 1. The standard InChI is InChI=1S/C23H27F3N4O/c1-3-19-15(2)27-20(17-8-5-9-18(14-17)23(24,25)26)28-21(19)29-10-12-30(13-11-29)22(31)16-6-4-7-16/h5,8-9,14,16H,3-4,6-7,10-13H2,1-2H3. The van der Waals surface area contributed by atoms with Gasteiger partial charge in [0.25, 0.3) is 0 Å². The van der Waals surface area contributed by atoms with E-state index in [0.29, 0.717) is 37.6 Å². The van der Waals surface area contributed by atoms with Gasteiger partial charge in [-0.15, -0.1) is 0 Å². The lowest BCUT2D eigenvalue weighted by Crippen LogP contribution is -2.51. The van der Waals surface area contributed by atoms with Crippen molar-refractivity contribution < 1.29 is 18.0 Å². The molecule has 1 aliphatic carbocycles. The molecule has 2 heterocycles. The van der Waals surface area contributed by atoms with E-state index in [2.05, 4.69) is 9.88 Å². The van der Waals surface area contributed by atoms with Gasteiger partial charge in [0.15, 0.2) is 5.82 Å². The first-order chi connectivity index (χ1) is 14.8. The summed E-state index contributed by atoms with van der Waals surface area (Å²) < 4.78 is 39.5. The number of halogens is 3. The van der Waals surface area contributed by atoms with Crippen molar-refractivity contribution in [3.8, 4) is 11.4 Å². The number of rotatable bonds is 4. The molecule has 4 rings (SSSR count). The van der Waals surface area contributed by atoms with Gasteiger partial charge in [-0.3, -0.25) is 4.79 Å². The van der Waals surface area contributed by atoms with Gasteiger partial charge in [0, 0.05) is 48.9 Å². The molecule has 0 atom stereocenters. The molecule has 1 amide bonds. The summed E-state index contributed by atoms with van der Waals surface area (Å²) in [6.07, 6.45) is -0.574. The number of benzene rings is 1. The van der Waals surface area contributed by atoms with E-state index in [-0.39, 0.29) is 11.8 Å². The Morgan fingerprint density at radius 1 is 1.13 bits per heavy atom. The van der Waals surface area contributed by atoms with Crippen molar-refractivity contribution in [2.45, 2.75) is 45.7 Å². The van der Waals surface area contributed by atoms with Crippen LogP contribution >= 0.6 is 0 Å². The minimum absolute atomic E-state index is 0.187. The fraction of sp³-hybridized carbons (Fsp3) is 0.522. The van der Waals surface area contributed by atoms with Crippen LogP contribution in [0.1, 0.15) is 43.0 Å².